The van der Waals surface area contributed by atoms with Crippen molar-refractivity contribution in [3.8, 4) is 0 Å². The molecule has 0 aromatic heterocycles. The quantitative estimate of drug-likeness (QED) is 0.705. The molecule has 0 aliphatic rings. The summed E-state index contributed by atoms with van der Waals surface area (Å²) >= 11 is 0. The van der Waals surface area contributed by atoms with Gasteiger partial charge >= 0.3 is 0 Å². The lowest BCUT2D eigenvalue weighted by atomic mass is 9.85. The van der Waals surface area contributed by atoms with Crippen LogP contribution in [0.5, 0.6) is 0 Å². The molecule has 0 fully saturated rings. The van der Waals surface area contributed by atoms with E-state index in [4.69, 9.17) is 0 Å². The van der Waals surface area contributed by atoms with Crippen LogP contribution in [-0.4, -0.2) is 17.0 Å². The highest BCUT2D eigenvalue weighted by molar-refractivity contribution is 5.84. The van der Waals surface area contributed by atoms with Crippen molar-refractivity contribution in [2.45, 2.75) is 47.1 Å². The molecule has 0 spiro atoms. The number of carbonyl (C=O) groups is 1. The number of carbonyl (C=O) groups excluding carboxylic acids is 1. The van der Waals surface area contributed by atoms with Gasteiger partial charge in [0.1, 0.15) is 5.78 Å². The molecule has 0 radical (unpaired) electrons. The van der Waals surface area contributed by atoms with Gasteiger partial charge in [0.15, 0.2) is 0 Å². The maximum atomic E-state index is 11.6. The van der Waals surface area contributed by atoms with Crippen molar-refractivity contribution in [1.82, 2.24) is 0 Å². The topological polar surface area (TPSA) is 37.3 Å². The SMILES string of the molecule is C/C=C/[C@@H](C)[C@@H](O)CC(=O)C(C)(C)C. The van der Waals surface area contributed by atoms with Crippen LogP contribution in [0.3, 0.4) is 0 Å². The molecular formula is C12H22O2. The second kappa shape index (κ2) is 5.30. The lowest BCUT2D eigenvalue weighted by Crippen LogP contribution is -2.28. The van der Waals surface area contributed by atoms with E-state index in [9.17, 15) is 9.90 Å². The van der Waals surface area contributed by atoms with Crippen LogP contribution < -0.4 is 0 Å². The molecule has 0 bridgehead atoms. The Morgan fingerprint density at radius 3 is 2.29 bits per heavy atom. The maximum absolute atomic E-state index is 11.6. The van der Waals surface area contributed by atoms with Gasteiger partial charge in [0.25, 0.3) is 0 Å². The Kier molecular flexibility index (Phi) is 5.06. The summed E-state index contributed by atoms with van der Waals surface area (Å²) in [6.45, 7) is 9.46. The van der Waals surface area contributed by atoms with E-state index in [1.54, 1.807) is 0 Å². The number of hydrogen-bond acceptors (Lipinski definition) is 2. The van der Waals surface area contributed by atoms with E-state index in [1.807, 2.05) is 46.8 Å². The number of ketones is 1. The largest absolute Gasteiger partial charge is 0.392 e. The normalized spacial score (nSPS) is 17.0. The average Bonchev–Trinajstić information content (AvgIpc) is 2.02. The third kappa shape index (κ3) is 4.56. The third-order valence-corrected chi connectivity index (χ3v) is 2.33. The van der Waals surface area contributed by atoms with Gasteiger partial charge in [0, 0.05) is 17.8 Å². The van der Waals surface area contributed by atoms with Crippen molar-refractivity contribution in [1.29, 1.82) is 0 Å². The fourth-order valence-electron chi connectivity index (χ4n) is 1.11. The maximum Gasteiger partial charge on any atom is 0.140 e. The Morgan fingerprint density at radius 1 is 1.43 bits per heavy atom. The molecule has 14 heavy (non-hydrogen) atoms. The molecule has 0 unspecified atom stereocenters. The molecule has 0 amide bonds. The van der Waals surface area contributed by atoms with Crippen molar-refractivity contribution in [3.05, 3.63) is 12.2 Å². The molecule has 0 saturated heterocycles. The first kappa shape index (κ1) is 13.4. The molecule has 82 valence electrons. The lowest BCUT2D eigenvalue weighted by molar-refractivity contribution is -0.128. The minimum Gasteiger partial charge on any atom is -0.392 e. The minimum atomic E-state index is -0.557. The second-order valence-corrected chi connectivity index (χ2v) is 4.83. The fourth-order valence-corrected chi connectivity index (χ4v) is 1.11. The number of rotatable bonds is 4. The molecule has 0 aliphatic heterocycles. The zero-order chi connectivity index (χ0) is 11.4. The monoisotopic (exact) mass is 198 g/mol. The second-order valence-electron chi connectivity index (χ2n) is 4.83. The molecular weight excluding hydrogens is 176 g/mol. The van der Waals surface area contributed by atoms with Gasteiger partial charge in [-0.2, -0.15) is 0 Å². The first-order valence-electron chi connectivity index (χ1n) is 5.13. The summed E-state index contributed by atoms with van der Waals surface area (Å²) in [4.78, 5) is 11.6. The van der Waals surface area contributed by atoms with Crippen LogP contribution >= 0.6 is 0 Å². The molecule has 2 heteroatoms. The smallest absolute Gasteiger partial charge is 0.140 e. The number of allylic oxidation sites excluding steroid dienone is 1. The fraction of sp³-hybridized carbons (Fsp3) is 0.750. The van der Waals surface area contributed by atoms with Crippen LogP contribution in [0, 0.1) is 11.3 Å². The summed E-state index contributed by atoms with van der Waals surface area (Å²) in [5, 5.41) is 9.71. The van der Waals surface area contributed by atoms with Crippen LogP contribution in [0.1, 0.15) is 41.0 Å². The molecule has 1 N–H and O–H groups in total. The molecule has 2 atom stereocenters. The van der Waals surface area contributed by atoms with Gasteiger partial charge in [-0.15, -0.1) is 0 Å². The van der Waals surface area contributed by atoms with E-state index < -0.39 is 6.10 Å². The predicted octanol–water partition coefficient (Wildman–Crippen LogP) is 2.56. The Balaban J connectivity index is 4.19. The molecule has 0 rings (SSSR count). The summed E-state index contributed by atoms with van der Waals surface area (Å²) in [5.74, 6) is 0.160. The van der Waals surface area contributed by atoms with Crippen LogP contribution in [0.25, 0.3) is 0 Å². The van der Waals surface area contributed by atoms with Gasteiger partial charge in [-0.3, -0.25) is 4.79 Å². The molecule has 2 nitrogen and oxygen atoms in total. The highest BCUT2D eigenvalue weighted by Gasteiger charge is 2.25. The molecule has 0 aromatic carbocycles. The van der Waals surface area contributed by atoms with Gasteiger partial charge < -0.3 is 5.11 Å². The van der Waals surface area contributed by atoms with Gasteiger partial charge in [-0.05, 0) is 6.92 Å². The summed E-state index contributed by atoms with van der Waals surface area (Å²) in [7, 11) is 0. The summed E-state index contributed by atoms with van der Waals surface area (Å²) in [6.07, 6.45) is 3.50. The first-order chi connectivity index (χ1) is 6.29. The van der Waals surface area contributed by atoms with Crippen LogP contribution in [0.4, 0.5) is 0 Å². The molecule has 0 aliphatic carbocycles. The van der Waals surface area contributed by atoms with Crippen LogP contribution in [0.2, 0.25) is 0 Å². The highest BCUT2D eigenvalue weighted by Crippen LogP contribution is 2.20. The van der Waals surface area contributed by atoms with E-state index in [0.717, 1.165) is 0 Å². The summed E-state index contributed by atoms with van der Waals surface area (Å²) in [6, 6.07) is 0. The third-order valence-electron chi connectivity index (χ3n) is 2.33. The minimum absolute atomic E-state index is 0.0475. The highest BCUT2D eigenvalue weighted by atomic mass is 16.3. The van der Waals surface area contributed by atoms with Gasteiger partial charge in [0.2, 0.25) is 0 Å². The number of aliphatic hydroxyl groups is 1. The number of Topliss-reactive ketones (excluding diaryl/α,β-unsaturated/α-hetero) is 1. The molecule has 0 aromatic rings. The Bertz CT molecular complexity index is 211. The zero-order valence-corrected chi connectivity index (χ0v) is 9.87. The van der Waals surface area contributed by atoms with E-state index in [-0.39, 0.29) is 23.5 Å². The van der Waals surface area contributed by atoms with Crippen LogP contribution in [-0.2, 0) is 4.79 Å². The molecule has 0 saturated carbocycles. The number of aliphatic hydroxyl groups excluding tert-OH is 1. The van der Waals surface area contributed by atoms with Crippen molar-refractivity contribution < 1.29 is 9.90 Å². The van der Waals surface area contributed by atoms with E-state index in [2.05, 4.69) is 0 Å². The summed E-state index contributed by atoms with van der Waals surface area (Å²) < 4.78 is 0. The Hall–Kier alpha value is -0.630. The van der Waals surface area contributed by atoms with E-state index >= 15 is 0 Å². The zero-order valence-electron chi connectivity index (χ0n) is 9.87. The lowest BCUT2D eigenvalue weighted by Gasteiger charge is -2.21. The number of hydrogen-bond donors (Lipinski definition) is 1. The van der Waals surface area contributed by atoms with E-state index in [1.165, 1.54) is 0 Å². The first-order valence-corrected chi connectivity index (χ1v) is 5.13. The Morgan fingerprint density at radius 2 is 1.93 bits per heavy atom. The predicted molar refractivity (Wildman–Crippen MR) is 59.1 cm³/mol. The Labute approximate surface area is 87.0 Å². The van der Waals surface area contributed by atoms with E-state index in [0.29, 0.717) is 0 Å². The van der Waals surface area contributed by atoms with Gasteiger partial charge in [-0.25, -0.2) is 0 Å². The van der Waals surface area contributed by atoms with Crippen molar-refractivity contribution in [3.63, 3.8) is 0 Å². The van der Waals surface area contributed by atoms with Crippen molar-refractivity contribution in [2.24, 2.45) is 11.3 Å². The average molecular weight is 198 g/mol. The summed E-state index contributed by atoms with van der Waals surface area (Å²) in [5.41, 5.74) is -0.351. The van der Waals surface area contributed by atoms with Gasteiger partial charge in [0.05, 0.1) is 6.10 Å². The molecule has 0 heterocycles. The van der Waals surface area contributed by atoms with Crippen LogP contribution in [0.15, 0.2) is 12.2 Å². The van der Waals surface area contributed by atoms with Crippen molar-refractivity contribution in [2.75, 3.05) is 0 Å². The van der Waals surface area contributed by atoms with Crippen molar-refractivity contribution >= 4 is 5.78 Å². The van der Waals surface area contributed by atoms with Gasteiger partial charge in [-0.1, -0.05) is 39.8 Å². The standard InChI is InChI=1S/C12H22O2/c1-6-7-9(2)10(13)8-11(14)12(3,4)5/h6-7,9-10,13H,8H2,1-5H3/b7-6+/t9-,10+/m1/s1.